The Morgan fingerprint density at radius 3 is 2.30 bits per heavy atom. The minimum absolute atomic E-state index is 0.149. The van der Waals surface area contributed by atoms with Gasteiger partial charge in [0.1, 0.15) is 5.60 Å². The molecule has 5 heteroatoms. The van der Waals surface area contributed by atoms with Crippen LogP contribution in [-0.2, 0) is 9.16 Å². The van der Waals surface area contributed by atoms with E-state index in [0.29, 0.717) is 0 Å². The van der Waals surface area contributed by atoms with Gasteiger partial charge in [-0.05, 0) is 57.8 Å². The number of amides is 1. The quantitative estimate of drug-likeness (QED) is 0.657. The molecule has 4 nitrogen and oxygen atoms in total. The van der Waals surface area contributed by atoms with Crippen LogP contribution in [0, 0.1) is 0 Å². The first-order valence-electron chi connectivity index (χ1n) is 9.14. The van der Waals surface area contributed by atoms with Crippen molar-refractivity contribution in [3.63, 3.8) is 0 Å². The van der Waals surface area contributed by atoms with E-state index in [1.54, 1.807) is 0 Å². The van der Waals surface area contributed by atoms with Crippen molar-refractivity contribution in [3.8, 4) is 0 Å². The van der Waals surface area contributed by atoms with E-state index < -0.39 is 13.9 Å². The molecule has 0 radical (unpaired) electrons. The third kappa shape index (κ3) is 4.11. The second-order valence-corrected chi connectivity index (χ2v) is 12.6. The van der Waals surface area contributed by atoms with Gasteiger partial charge in [-0.2, -0.15) is 0 Å². The van der Waals surface area contributed by atoms with E-state index in [1.807, 2.05) is 25.7 Å². The molecule has 23 heavy (non-hydrogen) atoms. The highest BCUT2D eigenvalue weighted by Crippen LogP contribution is 2.38. The maximum atomic E-state index is 12.5. The zero-order valence-electron chi connectivity index (χ0n) is 15.6. The average Bonchev–Trinajstić information content (AvgIpc) is 2.75. The van der Waals surface area contributed by atoms with E-state index in [9.17, 15) is 4.79 Å². The summed E-state index contributed by atoms with van der Waals surface area (Å²) in [5.74, 6) is 1.13. The van der Waals surface area contributed by atoms with Crippen LogP contribution < -0.4 is 0 Å². The van der Waals surface area contributed by atoms with Crippen molar-refractivity contribution in [2.45, 2.75) is 96.6 Å². The maximum Gasteiger partial charge on any atom is 0.411 e. The van der Waals surface area contributed by atoms with Crippen LogP contribution in [-0.4, -0.2) is 37.0 Å². The van der Waals surface area contributed by atoms with Gasteiger partial charge in [0, 0.05) is 12.5 Å². The molecule has 0 aromatic rings. The molecule has 2 heterocycles. The summed E-state index contributed by atoms with van der Waals surface area (Å²) >= 11 is 0. The van der Waals surface area contributed by atoms with Crippen molar-refractivity contribution in [1.82, 2.24) is 4.90 Å². The molecule has 1 saturated heterocycles. The molecule has 2 aliphatic heterocycles. The standard InChI is InChI=1S/C18H33NO3Si/c1-7-23(8-2,9-3)22-16-12-14-10-11-15(13-16)19(14)17(20)21-18(4,5)6/h12,14-15H,7-11,13H2,1-6H3. The van der Waals surface area contributed by atoms with E-state index in [1.165, 1.54) is 0 Å². The molecule has 1 fully saturated rings. The third-order valence-corrected chi connectivity index (χ3v) is 9.81. The van der Waals surface area contributed by atoms with Gasteiger partial charge in [-0.1, -0.05) is 20.8 Å². The van der Waals surface area contributed by atoms with Crippen LogP contribution in [0.4, 0.5) is 4.79 Å². The summed E-state index contributed by atoms with van der Waals surface area (Å²) in [5, 5.41) is 0. The SMILES string of the molecule is CC[Si](CC)(CC)OC1=CC2CCC(C1)N2C(=O)OC(C)(C)C. The van der Waals surface area contributed by atoms with Crippen molar-refractivity contribution in [2.75, 3.05) is 0 Å². The molecular formula is C18H33NO3Si. The maximum absolute atomic E-state index is 12.5. The zero-order valence-corrected chi connectivity index (χ0v) is 16.6. The number of fused-ring (bicyclic) bond motifs is 2. The van der Waals surface area contributed by atoms with Gasteiger partial charge < -0.3 is 9.16 Å². The molecule has 0 spiro atoms. The summed E-state index contributed by atoms with van der Waals surface area (Å²) in [7, 11) is -1.63. The molecule has 0 saturated carbocycles. The number of hydrogen-bond acceptors (Lipinski definition) is 3. The number of rotatable bonds is 5. The van der Waals surface area contributed by atoms with Gasteiger partial charge in [-0.25, -0.2) is 4.79 Å². The Bertz CT molecular complexity index is 457. The van der Waals surface area contributed by atoms with Crippen molar-refractivity contribution >= 4 is 14.4 Å². The van der Waals surface area contributed by atoms with Gasteiger partial charge >= 0.3 is 6.09 Å². The van der Waals surface area contributed by atoms with E-state index in [4.69, 9.17) is 9.16 Å². The molecule has 0 aliphatic carbocycles. The Morgan fingerprint density at radius 2 is 1.83 bits per heavy atom. The topological polar surface area (TPSA) is 38.8 Å². The van der Waals surface area contributed by atoms with Gasteiger partial charge in [0.25, 0.3) is 0 Å². The molecule has 2 aliphatic rings. The predicted molar refractivity (Wildman–Crippen MR) is 95.9 cm³/mol. The highest BCUT2D eigenvalue weighted by molar-refractivity contribution is 6.73. The second-order valence-electron chi connectivity index (χ2n) is 7.87. The van der Waals surface area contributed by atoms with Gasteiger partial charge in [0.2, 0.25) is 8.32 Å². The molecule has 2 unspecified atom stereocenters. The lowest BCUT2D eigenvalue weighted by molar-refractivity contribution is 0.0154. The molecule has 0 N–H and O–H groups in total. The summed E-state index contributed by atoms with van der Waals surface area (Å²) in [5.41, 5.74) is -0.439. The minimum Gasteiger partial charge on any atom is -0.547 e. The van der Waals surface area contributed by atoms with Crippen LogP contribution in [0.1, 0.15) is 60.8 Å². The highest BCUT2D eigenvalue weighted by atomic mass is 28.4. The number of nitrogens with zero attached hydrogens (tertiary/aromatic N) is 1. The van der Waals surface area contributed by atoms with Crippen molar-refractivity contribution in [1.29, 1.82) is 0 Å². The highest BCUT2D eigenvalue weighted by Gasteiger charge is 2.43. The van der Waals surface area contributed by atoms with Crippen LogP contribution in [0.15, 0.2) is 11.8 Å². The van der Waals surface area contributed by atoms with Crippen LogP contribution in [0.25, 0.3) is 0 Å². The summed E-state index contributed by atoms with van der Waals surface area (Å²) in [4.78, 5) is 14.4. The number of carbonyl (C=O) groups is 1. The van der Waals surface area contributed by atoms with E-state index in [-0.39, 0.29) is 18.2 Å². The smallest absolute Gasteiger partial charge is 0.411 e. The summed E-state index contributed by atoms with van der Waals surface area (Å²) < 4.78 is 12.1. The lowest BCUT2D eigenvalue weighted by Crippen LogP contribution is -2.47. The third-order valence-electron chi connectivity index (χ3n) is 5.25. The average molecular weight is 340 g/mol. The Balaban J connectivity index is 2.10. The van der Waals surface area contributed by atoms with E-state index in [2.05, 4.69) is 26.8 Å². The van der Waals surface area contributed by atoms with Crippen molar-refractivity contribution in [3.05, 3.63) is 11.8 Å². The van der Waals surface area contributed by atoms with Gasteiger partial charge in [0.15, 0.2) is 0 Å². The molecule has 2 atom stereocenters. The minimum atomic E-state index is -1.63. The van der Waals surface area contributed by atoms with Crippen LogP contribution >= 0.6 is 0 Å². The Kier molecular flexibility index (Phi) is 5.49. The number of ether oxygens (including phenoxy) is 1. The van der Waals surface area contributed by atoms with Crippen molar-refractivity contribution < 1.29 is 14.0 Å². The van der Waals surface area contributed by atoms with Gasteiger partial charge in [0.05, 0.1) is 11.8 Å². The molecule has 1 amide bonds. The first kappa shape index (κ1) is 18.4. The number of hydrogen-bond donors (Lipinski definition) is 0. The first-order valence-corrected chi connectivity index (χ1v) is 11.7. The Hall–Kier alpha value is -0.973. The first-order chi connectivity index (χ1) is 10.7. The van der Waals surface area contributed by atoms with E-state index in [0.717, 1.165) is 43.2 Å². The molecule has 132 valence electrons. The Morgan fingerprint density at radius 1 is 1.22 bits per heavy atom. The number of carbonyl (C=O) groups excluding carboxylic acids is 1. The lowest BCUT2D eigenvalue weighted by Gasteiger charge is -2.38. The van der Waals surface area contributed by atoms with Gasteiger partial charge in [-0.3, -0.25) is 4.90 Å². The van der Waals surface area contributed by atoms with Gasteiger partial charge in [-0.15, -0.1) is 0 Å². The largest absolute Gasteiger partial charge is 0.547 e. The van der Waals surface area contributed by atoms with Crippen LogP contribution in [0.2, 0.25) is 18.1 Å². The van der Waals surface area contributed by atoms with E-state index >= 15 is 0 Å². The molecule has 2 rings (SSSR count). The summed E-state index contributed by atoms with van der Waals surface area (Å²) in [6.45, 7) is 12.5. The van der Waals surface area contributed by atoms with Crippen LogP contribution in [0.5, 0.6) is 0 Å². The molecule has 0 aromatic heterocycles. The van der Waals surface area contributed by atoms with Crippen molar-refractivity contribution in [2.24, 2.45) is 0 Å². The monoisotopic (exact) mass is 339 g/mol. The summed E-state index contributed by atoms with van der Waals surface area (Å²) in [6.07, 6.45) is 4.94. The fraction of sp³-hybridized carbons (Fsp3) is 0.833. The normalized spacial score (nSPS) is 24.4. The zero-order chi connectivity index (χ0) is 17.3. The second kappa shape index (κ2) is 6.87. The molecule has 2 bridgehead atoms. The summed E-state index contributed by atoms with van der Waals surface area (Å²) in [6, 6.07) is 3.86. The van der Waals surface area contributed by atoms with Crippen LogP contribution in [0.3, 0.4) is 0 Å². The fourth-order valence-electron chi connectivity index (χ4n) is 3.71. The molecule has 0 aromatic carbocycles. The molecular weight excluding hydrogens is 306 g/mol. The predicted octanol–water partition coefficient (Wildman–Crippen LogP) is 5.06. The fourth-order valence-corrected chi connectivity index (χ4v) is 6.35. The lowest BCUT2D eigenvalue weighted by atomic mass is 10.1. The Labute approximate surface area is 142 Å².